The van der Waals surface area contributed by atoms with Crippen LogP contribution in [0.15, 0.2) is 22.7 Å². The molecule has 7 heteroatoms. The molecule has 2 aromatic heterocycles. The third-order valence-corrected chi connectivity index (χ3v) is 5.47. The average molecular weight is 341 g/mol. The number of H-pyrrole nitrogens is 1. The lowest BCUT2D eigenvalue weighted by Crippen LogP contribution is -2.27. The summed E-state index contributed by atoms with van der Waals surface area (Å²) in [5.74, 6) is -0.214. The molecule has 0 atom stereocenters. The third-order valence-electron chi connectivity index (χ3n) is 4.63. The maximum absolute atomic E-state index is 11.4. The van der Waals surface area contributed by atoms with Gasteiger partial charge in [-0.05, 0) is 52.8 Å². The van der Waals surface area contributed by atoms with Gasteiger partial charge in [0.1, 0.15) is 0 Å². The lowest BCUT2D eigenvalue weighted by atomic mass is 9.89. The van der Waals surface area contributed by atoms with Crippen LogP contribution in [0.4, 0.5) is 5.69 Å². The van der Waals surface area contributed by atoms with Crippen molar-refractivity contribution in [3.05, 3.63) is 38.4 Å². The van der Waals surface area contributed by atoms with Crippen LogP contribution in [0.5, 0.6) is 5.88 Å². The number of likely N-dealkylation sites (N-methyl/N-ethyl adjacent to an activating group) is 1. The molecule has 24 heavy (non-hydrogen) atoms. The van der Waals surface area contributed by atoms with E-state index in [1.165, 1.54) is 11.3 Å². The van der Waals surface area contributed by atoms with Crippen molar-refractivity contribution in [2.75, 3.05) is 13.6 Å². The van der Waals surface area contributed by atoms with Gasteiger partial charge in [-0.3, -0.25) is 4.79 Å². The molecule has 1 aromatic carbocycles. The van der Waals surface area contributed by atoms with Crippen LogP contribution in [0.2, 0.25) is 0 Å². The number of aromatic hydroxyl groups is 1. The number of hydrogen-bond acceptors (Lipinski definition) is 6. The zero-order chi connectivity index (χ0) is 16.8. The lowest BCUT2D eigenvalue weighted by molar-refractivity contribution is 0.112. The van der Waals surface area contributed by atoms with Crippen LogP contribution in [-0.4, -0.2) is 34.9 Å². The number of nitroso groups, excluding NO2 is 1. The second-order valence-electron chi connectivity index (χ2n) is 6.02. The lowest BCUT2D eigenvalue weighted by Gasteiger charge is -2.27. The summed E-state index contributed by atoms with van der Waals surface area (Å²) in [7, 11) is 2.03. The van der Waals surface area contributed by atoms with Gasteiger partial charge in [-0.15, -0.1) is 16.2 Å². The highest BCUT2D eigenvalue weighted by Crippen LogP contribution is 2.43. The van der Waals surface area contributed by atoms with Crippen molar-refractivity contribution in [2.45, 2.75) is 13.0 Å². The minimum absolute atomic E-state index is 0.0187. The quantitative estimate of drug-likeness (QED) is 0.560. The molecule has 0 fully saturated rings. The number of rotatable bonds is 3. The molecule has 0 saturated carbocycles. The highest BCUT2D eigenvalue weighted by molar-refractivity contribution is 7.12. The Morgan fingerprint density at radius 2 is 2.21 bits per heavy atom. The Morgan fingerprint density at radius 3 is 2.96 bits per heavy atom. The number of hydrogen-bond donors (Lipinski definition) is 2. The van der Waals surface area contributed by atoms with E-state index >= 15 is 0 Å². The first-order valence-corrected chi connectivity index (χ1v) is 8.46. The van der Waals surface area contributed by atoms with Gasteiger partial charge in [0.05, 0.1) is 10.4 Å². The molecule has 0 amide bonds. The topological polar surface area (TPSA) is 85.8 Å². The number of aromatic amines is 1. The van der Waals surface area contributed by atoms with E-state index < -0.39 is 0 Å². The van der Waals surface area contributed by atoms with Crippen molar-refractivity contribution < 1.29 is 9.90 Å². The Balaban J connectivity index is 2.10. The van der Waals surface area contributed by atoms with Crippen molar-refractivity contribution >= 4 is 34.2 Å². The van der Waals surface area contributed by atoms with Gasteiger partial charge in [-0.2, -0.15) is 0 Å². The second-order valence-corrected chi connectivity index (χ2v) is 6.97. The van der Waals surface area contributed by atoms with Gasteiger partial charge in [0.2, 0.25) is 5.88 Å². The molecule has 0 aliphatic carbocycles. The Labute approximate surface area is 141 Å². The minimum atomic E-state index is -0.214. The van der Waals surface area contributed by atoms with Crippen molar-refractivity contribution in [3.8, 4) is 17.0 Å². The number of thiophene rings is 1. The van der Waals surface area contributed by atoms with Crippen LogP contribution in [0, 0.1) is 4.91 Å². The maximum atomic E-state index is 11.4. The van der Waals surface area contributed by atoms with Gasteiger partial charge in [-0.1, -0.05) is 0 Å². The molecule has 1 aliphatic heterocycles. The Bertz CT molecular complexity index is 973. The van der Waals surface area contributed by atoms with Crippen LogP contribution in [-0.2, 0) is 13.0 Å². The molecule has 1 aliphatic rings. The number of fused-ring (bicyclic) bond motifs is 3. The van der Waals surface area contributed by atoms with E-state index in [9.17, 15) is 14.8 Å². The van der Waals surface area contributed by atoms with E-state index in [0.717, 1.165) is 47.0 Å². The van der Waals surface area contributed by atoms with Crippen molar-refractivity contribution in [3.63, 3.8) is 0 Å². The fraction of sp³-hybridized carbons (Fsp3) is 0.235. The Morgan fingerprint density at radius 1 is 1.38 bits per heavy atom. The monoisotopic (exact) mass is 341 g/mol. The van der Waals surface area contributed by atoms with Gasteiger partial charge in [0, 0.05) is 24.0 Å². The summed E-state index contributed by atoms with van der Waals surface area (Å²) in [4.78, 5) is 28.3. The number of carbonyl (C=O) groups is 1. The molecule has 0 saturated heterocycles. The minimum Gasteiger partial charge on any atom is -0.493 e. The summed E-state index contributed by atoms with van der Waals surface area (Å²) in [6.07, 6.45) is 1.70. The van der Waals surface area contributed by atoms with Crippen molar-refractivity contribution in [2.24, 2.45) is 5.18 Å². The fourth-order valence-electron chi connectivity index (χ4n) is 3.49. The maximum Gasteiger partial charge on any atom is 0.219 e. The number of aldehydes is 1. The molecule has 0 radical (unpaired) electrons. The Kier molecular flexibility index (Phi) is 3.47. The van der Waals surface area contributed by atoms with Crippen LogP contribution < -0.4 is 0 Å². The normalized spacial score (nSPS) is 14.7. The van der Waals surface area contributed by atoms with Crippen LogP contribution >= 0.6 is 11.3 Å². The number of nitrogens with zero attached hydrogens (tertiary/aromatic N) is 2. The number of benzene rings is 1. The molecular formula is C17H15N3O3S. The molecular weight excluding hydrogens is 326 g/mol. The molecule has 3 aromatic rings. The smallest absolute Gasteiger partial charge is 0.219 e. The van der Waals surface area contributed by atoms with Crippen LogP contribution in [0.1, 0.15) is 20.8 Å². The molecule has 0 unspecified atom stereocenters. The molecule has 0 bridgehead atoms. The number of aromatic nitrogens is 1. The predicted octanol–water partition coefficient (Wildman–Crippen LogP) is 3.80. The molecule has 2 N–H and O–H groups in total. The third kappa shape index (κ3) is 2.09. The first-order chi connectivity index (χ1) is 11.6. The summed E-state index contributed by atoms with van der Waals surface area (Å²) in [6, 6.07) is 3.79. The summed E-state index contributed by atoms with van der Waals surface area (Å²) < 4.78 is 0. The molecule has 4 rings (SSSR count). The van der Waals surface area contributed by atoms with Crippen LogP contribution in [0.3, 0.4) is 0 Å². The van der Waals surface area contributed by atoms with Gasteiger partial charge in [0.25, 0.3) is 0 Å². The zero-order valence-corrected chi connectivity index (χ0v) is 13.8. The predicted molar refractivity (Wildman–Crippen MR) is 94.2 cm³/mol. The van der Waals surface area contributed by atoms with E-state index in [1.54, 1.807) is 0 Å². The molecule has 0 spiro atoms. The Hall–Kier alpha value is -2.51. The largest absolute Gasteiger partial charge is 0.493 e. The zero-order valence-electron chi connectivity index (χ0n) is 13.0. The number of nitrogens with one attached hydrogen (secondary N) is 1. The fourth-order valence-corrected chi connectivity index (χ4v) is 4.20. The average Bonchev–Trinajstić information content (AvgIpc) is 3.17. The second kappa shape index (κ2) is 5.54. The van der Waals surface area contributed by atoms with E-state index in [2.05, 4.69) is 15.1 Å². The molecule has 3 heterocycles. The molecule has 6 nitrogen and oxygen atoms in total. The SMILES string of the molecule is CN1CCc2c(-c3ccsc3C=O)cc3c(N=O)c(O)[nH]c3c2C1. The van der Waals surface area contributed by atoms with Crippen molar-refractivity contribution in [1.82, 2.24) is 9.88 Å². The first kappa shape index (κ1) is 15.0. The summed E-state index contributed by atoms with van der Waals surface area (Å²) in [6.45, 7) is 1.62. The van der Waals surface area contributed by atoms with Gasteiger partial charge in [0.15, 0.2) is 12.0 Å². The number of carbonyl (C=O) groups excluding carboxylic acids is 1. The summed E-state index contributed by atoms with van der Waals surface area (Å²) in [5.41, 5.74) is 4.78. The van der Waals surface area contributed by atoms with Gasteiger partial charge < -0.3 is 15.0 Å². The van der Waals surface area contributed by atoms with Gasteiger partial charge in [-0.25, -0.2) is 0 Å². The highest BCUT2D eigenvalue weighted by atomic mass is 32.1. The summed E-state index contributed by atoms with van der Waals surface area (Å²) in [5, 5.41) is 15.5. The highest BCUT2D eigenvalue weighted by Gasteiger charge is 2.25. The van der Waals surface area contributed by atoms with Crippen molar-refractivity contribution in [1.29, 1.82) is 0 Å². The molecule has 122 valence electrons. The van der Waals surface area contributed by atoms with E-state index in [-0.39, 0.29) is 11.6 Å². The van der Waals surface area contributed by atoms with E-state index in [4.69, 9.17) is 0 Å². The first-order valence-electron chi connectivity index (χ1n) is 7.58. The van der Waals surface area contributed by atoms with E-state index in [1.807, 2.05) is 24.6 Å². The standard InChI is InChI=1S/C17H15N3O3S/c1-20-4-2-9-11(10-3-5-24-14(10)8-21)6-12-15(13(9)7-20)18-17(22)16(12)19-23/h3,5-6,8,18,22H,2,4,7H2,1H3. The van der Waals surface area contributed by atoms with Crippen LogP contribution in [0.25, 0.3) is 22.0 Å². The summed E-state index contributed by atoms with van der Waals surface area (Å²) >= 11 is 1.40. The van der Waals surface area contributed by atoms with Gasteiger partial charge >= 0.3 is 0 Å². The van der Waals surface area contributed by atoms with E-state index in [0.29, 0.717) is 16.8 Å².